The molecule has 1 aromatic carbocycles. The number of hydrogen-bond donors (Lipinski definition) is 0. The first-order chi connectivity index (χ1) is 10.2. The molecule has 2 atom stereocenters. The molecule has 0 N–H and O–H groups in total. The molecule has 1 saturated heterocycles. The first kappa shape index (κ1) is 15.3. The number of aromatic nitrogens is 2. The SMILES string of the molecule is CC1CSC(CCc2ccccc2Cl)(Cn2ccnc2)S1. The largest absolute Gasteiger partial charge is 0.335 e. The Hall–Kier alpha value is -0.580. The fourth-order valence-electron chi connectivity index (χ4n) is 2.68. The van der Waals surface area contributed by atoms with Gasteiger partial charge in [0.2, 0.25) is 0 Å². The lowest BCUT2D eigenvalue weighted by molar-refractivity contribution is 0.592. The predicted octanol–water partition coefficient (Wildman–Crippen LogP) is 4.73. The van der Waals surface area contributed by atoms with Crippen LogP contribution < -0.4 is 0 Å². The Morgan fingerprint density at radius 1 is 1.43 bits per heavy atom. The Morgan fingerprint density at radius 3 is 2.95 bits per heavy atom. The molecule has 1 aliphatic heterocycles. The maximum Gasteiger partial charge on any atom is 0.0946 e. The molecule has 3 rings (SSSR count). The molecule has 0 spiro atoms. The van der Waals surface area contributed by atoms with Crippen LogP contribution in [-0.2, 0) is 13.0 Å². The second-order valence-corrected chi connectivity index (χ2v) is 9.37. The summed E-state index contributed by atoms with van der Waals surface area (Å²) in [6.07, 6.45) is 7.99. The molecule has 0 radical (unpaired) electrons. The summed E-state index contributed by atoms with van der Waals surface area (Å²) in [5.74, 6) is 1.22. The molecule has 21 heavy (non-hydrogen) atoms. The fraction of sp³-hybridized carbons (Fsp3) is 0.438. The van der Waals surface area contributed by atoms with Crippen molar-refractivity contribution in [3.8, 4) is 0 Å². The van der Waals surface area contributed by atoms with Crippen molar-refractivity contribution in [2.75, 3.05) is 5.75 Å². The summed E-state index contributed by atoms with van der Waals surface area (Å²) in [6, 6.07) is 8.19. The molecule has 2 nitrogen and oxygen atoms in total. The van der Waals surface area contributed by atoms with E-state index in [4.69, 9.17) is 11.6 Å². The zero-order valence-electron chi connectivity index (χ0n) is 12.0. The second kappa shape index (κ2) is 6.67. The highest BCUT2D eigenvalue weighted by Gasteiger charge is 2.39. The lowest BCUT2D eigenvalue weighted by Crippen LogP contribution is -2.25. The van der Waals surface area contributed by atoms with Crippen LogP contribution in [0, 0.1) is 0 Å². The average molecular weight is 339 g/mol. The minimum Gasteiger partial charge on any atom is -0.335 e. The normalized spacial score (nSPS) is 25.3. The topological polar surface area (TPSA) is 17.8 Å². The van der Waals surface area contributed by atoms with Gasteiger partial charge < -0.3 is 4.57 Å². The minimum atomic E-state index is 0.235. The van der Waals surface area contributed by atoms with Gasteiger partial charge in [0.15, 0.2) is 0 Å². The predicted molar refractivity (Wildman–Crippen MR) is 94.2 cm³/mol. The van der Waals surface area contributed by atoms with Crippen molar-refractivity contribution < 1.29 is 0 Å². The summed E-state index contributed by atoms with van der Waals surface area (Å²) in [5.41, 5.74) is 1.25. The summed E-state index contributed by atoms with van der Waals surface area (Å²) in [4.78, 5) is 4.17. The van der Waals surface area contributed by atoms with Gasteiger partial charge in [-0.2, -0.15) is 0 Å². The molecular weight excluding hydrogens is 320 g/mol. The van der Waals surface area contributed by atoms with E-state index in [1.165, 1.54) is 11.3 Å². The number of aryl methyl sites for hydroxylation is 1. The molecule has 1 fully saturated rings. The summed E-state index contributed by atoms with van der Waals surface area (Å²) in [6.45, 7) is 3.33. The first-order valence-electron chi connectivity index (χ1n) is 7.18. The van der Waals surface area contributed by atoms with E-state index in [0.29, 0.717) is 5.25 Å². The third-order valence-electron chi connectivity index (χ3n) is 3.71. The number of nitrogens with zero attached hydrogens (tertiary/aromatic N) is 2. The van der Waals surface area contributed by atoms with Crippen LogP contribution >= 0.6 is 35.1 Å². The molecule has 0 amide bonds. The summed E-state index contributed by atoms with van der Waals surface area (Å²) < 4.78 is 2.43. The maximum atomic E-state index is 6.30. The molecule has 2 aromatic rings. The lowest BCUT2D eigenvalue weighted by atomic mass is 10.1. The number of thioether (sulfide) groups is 2. The van der Waals surface area contributed by atoms with E-state index >= 15 is 0 Å². The number of halogens is 1. The Kier molecular flexibility index (Phi) is 4.87. The van der Waals surface area contributed by atoms with Gasteiger partial charge in [-0.3, -0.25) is 0 Å². The van der Waals surface area contributed by atoms with Crippen LogP contribution in [0.3, 0.4) is 0 Å². The molecule has 5 heteroatoms. The molecular formula is C16H19ClN2S2. The van der Waals surface area contributed by atoms with Crippen molar-refractivity contribution >= 4 is 35.1 Å². The number of benzene rings is 1. The van der Waals surface area contributed by atoms with Crippen molar-refractivity contribution in [3.63, 3.8) is 0 Å². The van der Waals surface area contributed by atoms with Gasteiger partial charge in [-0.15, -0.1) is 23.5 Å². The molecule has 1 aliphatic rings. The van der Waals surface area contributed by atoms with Crippen LogP contribution in [0.25, 0.3) is 0 Å². The van der Waals surface area contributed by atoms with E-state index in [9.17, 15) is 0 Å². The molecule has 112 valence electrons. The van der Waals surface area contributed by atoms with Crippen molar-refractivity contribution in [3.05, 3.63) is 53.6 Å². The van der Waals surface area contributed by atoms with Gasteiger partial charge in [-0.1, -0.05) is 36.7 Å². The van der Waals surface area contributed by atoms with Crippen LogP contribution in [0.2, 0.25) is 5.02 Å². The van der Waals surface area contributed by atoms with Crippen molar-refractivity contribution in [2.45, 2.75) is 35.6 Å². The Morgan fingerprint density at radius 2 is 2.29 bits per heavy atom. The van der Waals surface area contributed by atoms with Gasteiger partial charge in [0.1, 0.15) is 0 Å². The van der Waals surface area contributed by atoms with Crippen LogP contribution in [0.1, 0.15) is 18.9 Å². The van der Waals surface area contributed by atoms with E-state index in [1.54, 1.807) is 0 Å². The number of imidazole rings is 1. The van der Waals surface area contributed by atoms with Gasteiger partial charge in [0, 0.05) is 35.0 Å². The Balaban J connectivity index is 1.72. The Bertz CT molecular complexity index is 588. The van der Waals surface area contributed by atoms with Gasteiger partial charge in [-0.05, 0) is 24.5 Å². The van der Waals surface area contributed by atoms with Crippen LogP contribution in [0.15, 0.2) is 43.0 Å². The van der Waals surface area contributed by atoms with Crippen LogP contribution in [0.5, 0.6) is 0 Å². The maximum absolute atomic E-state index is 6.30. The zero-order valence-corrected chi connectivity index (χ0v) is 14.4. The molecule has 0 aliphatic carbocycles. The Labute approximate surface area is 139 Å². The lowest BCUT2D eigenvalue weighted by Gasteiger charge is -2.28. The van der Waals surface area contributed by atoms with E-state index in [0.717, 1.165) is 24.4 Å². The van der Waals surface area contributed by atoms with E-state index in [-0.39, 0.29) is 4.08 Å². The third-order valence-corrected chi connectivity index (χ3v) is 7.79. The van der Waals surface area contributed by atoms with Gasteiger partial charge >= 0.3 is 0 Å². The van der Waals surface area contributed by atoms with E-state index < -0.39 is 0 Å². The van der Waals surface area contributed by atoms with Gasteiger partial charge in [0.05, 0.1) is 10.4 Å². The van der Waals surface area contributed by atoms with Gasteiger partial charge in [-0.25, -0.2) is 4.98 Å². The molecule has 2 unspecified atom stereocenters. The fourth-order valence-corrected chi connectivity index (χ4v) is 6.56. The monoisotopic (exact) mass is 338 g/mol. The minimum absolute atomic E-state index is 0.235. The highest BCUT2D eigenvalue weighted by atomic mass is 35.5. The van der Waals surface area contributed by atoms with Crippen LogP contribution in [0.4, 0.5) is 0 Å². The number of hydrogen-bond acceptors (Lipinski definition) is 3. The standard InChI is InChI=1S/C16H19ClN2S2/c1-13-10-20-16(21-13,11-19-9-8-18-12-19)7-6-14-4-2-3-5-15(14)17/h2-5,8-9,12-13H,6-7,10-11H2,1H3. The average Bonchev–Trinajstić information content (AvgIpc) is 3.09. The summed E-state index contributed by atoms with van der Waals surface area (Å²) in [5, 5.41) is 1.60. The highest BCUT2D eigenvalue weighted by molar-refractivity contribution is 8.21. The molecule has 0 bridgehead atoms. The van der Waals surface area contributed by atoms with Crippen molar-refractivity contribution in [1.82, 2.24) is 9.55 Å². The zero-order chi connectivity index (χ0) is 14.7. The number of rotatable bonds is 5. The summed E-state index contributed by atoms with van der Waals surface area (Å²) >= 11 is 10.5. The first-order valence-corrected chi connectivity index (χ1v) is 9.42. The van der Waals surface area contributed by atoms with Crippen LogP contribution in [-0.4, -0.2) is 24.6 Å². The second-order valence-electron chi connectivity index (χ2n) is 5.48. The van der Waals surface area contributed by atoms with E-state index in [1.807, 2.05) is 24.7 Å². The van der Waals surface area contributed by atoms with E-state index in [2.05, 4.69) is 58.3 Å². The highest BCUT2D eigenvalue weighted by Crippen LogP contribution is 2.51. The molecule has 2 heterocycles. The molecule has 1 aromatic heterocycles. The summed E-state index contributed by atoms with van der Waals surface area (Å²) in [7, 11) is 0. The quantitative estimate of drug-likeness (QED) is 0.784. The van der Waals surface area contributed by atoms with Crippen molar-refractivity contribution in [2.24, 2.45) is 0 Å². The molecule has 0 saturated carbocycles. The third kappa shape index (κ3) is 3.79. The van der Waals surface area contributed by atoms with Crippen molar-refractivity contribution in [1.29, 1.82) is 0 Å². The van der Waals surface area contributed by atoms with Gasteiger partial charge in [0.25, 0.3) is 0 Å². The smallest absolute Gasteiger partial charge is 0.0946 e.